The van der Waals surface area contributed by atoms with Crippen LogP contribution in [-0.2, 0) is 20.6 Å². The number of likely N-dealkylation sites (N-methyl/N-ethyl adjacent to an activating group) is 1. The lowest BCUT2D eigenvalue weighted by atomic mass is 9.75. The van der Waals surface area contributed by atoms with E-state index in [0.717, 1.165) is 18.4 Å². The molecule has 3 unspecified atom stereocenters. The van der Waals surface area contributed by atoms with Crippen molar-refractivity contribution in [3.63, 3.8) is 0 Å². The molecule has 1 saturated heterocycles. The summed E-state index contributed by atoms with van der Waals surface area (Å²) in [4.78, 5) is 26.4. The van der Waals surface area contributed by atoms with Gasteiger partial charge in [-0.2, -0.15) is 0 Å². The second kappa shape index (κ2) is 8.51. The van der Waals surface area contributed by atoms with Crippen molar-refractivity contribution < 1.29 is 18.9 Å². The zero-order valence-electron chi connectivity index (χ0n) is 16.3. The third-order valence-corrected chi connectivity index (χ3v) is 7.78. The van der Waals surface area contributed by atoms with E-state index >= 15 is 0 Å². The molecular weight excluding hydrogens is 400 g/mol. The standard InChI is InChI=1S/C20H27ClN2O4S/c1-20(13-18(24)25)10-9-17(14-3-5-15(21)6-4-14)23(19(20)26)12-11-22(2)28(27)16-7-8-16/h3-6,16-17H,7-13H2,1-2H3,(H,24,25). The molecule has 0 aromatic heterocycles. The Hall–Kier alpha value is -1.44. The summed E-state index contributed by atoms with van der Waals surface area (Å²) in [7, 11) is 0.792. The van der Waals surface area contributed by atoms with Crippen LogP contribution in [0.5, 0.6) is 0 Å². The van der Waals surface area contributed by atoms with Gasteiger partial charge in [0.1, 0.15) is 0 Å². The van der Waals surface area contributed by atoms with Gasteiger partial charge in [-0.3, -0.25) is 9.59 Å². The molecule has 0 spiro atoms. The van der Waals surface area contributed by atoms with E-state index in [0.29, 0.717) is 31.0 Å². The fourth-order valence-corrected chi connectivity index (χ4v) is 5.29. The quantitative estimate of drug-likeness (QED) is 0.692. The summed E-state index contributed by atoms with van der Waals surface area (Å²) in [6.45, 7) is 2.64. The van der Waals surface area contributed by atoms with Gasteiger partial charge in [0.25, 0.3) is 0 Å². The summed E-state index contributed by atoms with van der Waals surface area (Å²) >= 11 is 6.01. The van der Waals surface area contributed by atoms with Gasteiger partial charge in [0.2, 0.25) is 5.91 Å². The molecule has 1 aromatic rings. The van der Waals surface area contributed by atoms with Crippen molar-refractivity contribution in [1.82, 2.24) is 9.21 Å². The molecule has 3 atom stereocenters. The van der Waals surface area contributed by atoms with E-state index in [1.807, 2.05) is 19.2 Å². The highest BCUT2D eigenvalue weighted by molar-refractivity contribution is 7.83. The number of carbonyl (C=O) groups is 2. The second-order valence-electron chi connectivity index (χ2n) is 8.06. The molecule has 1 amide bonds. The number of hydrogen-bond acceptors (Lipinski definition) is 3. The highest BCUT2D eigenvalue weighted by Gasteiger charge is 2.45. The maximum Gasteiger partial charge on any atom is 0.304 e. The topological polar surface area (TPSA) is 77.9 Å². The smallest absolute Gasteiger partial charge is 0.304 e. The van der Waals surface area contributed by atoms with Crippen molar-refractivity contribution in [1.29, 1.82) is 0 Å². The maximum absolute atomic E-state index is 13.3. The molecule has 3 rings (SSSR count). The molecular formula is C20H27ClN2O4S. The average molecular weight is 427 g/mol. The lowest BCUT2D eigenvalue weighted by Gasteiger charge is -2.44. The van der Waals surface area contributed by atoms with E-state index in [4.69, 9.17) is 11.6 Å². The predicted octanol–water partition coefficient (Wildman–Crippen LogP) is 3.24. The van der Waals surface area contributed by atoms with E-state index in [9.17, 15) is 18.9 Å². The minimum absolute atomic E-state index is 0.130. The SMILES string of the molecule is CN(CCN1C(=O)C(C)(CC(=O)O)CCC1c1ccc(Cl)cc1)S(=O)C1CC1. The van der Waals surface area contributed by atoms with Crippen LogP contribution in [0.2, 0.25) is 5.02 Å². The van der Waals surface area contributed by atoms with Crippen LogP contribution in [0.4, 0.5) is 0 Å². The predicted molar refractivity (Wildman–Crippen MR) is 109 cm³/mol. The number of aliphatic carboxylic acids is 1. The number of piperidine rings is 1. The number of carboxylic acids is 1. The first-order valence-electron chi connectivity index (χ1n) is 9.61. The number of nitrogens with zero attached hydrogens (tertiary/aromatic N) is 2. The van der Waals surface area contributed by atoms with E-state index in [2.05, 4.69) is 0 Å². The number of halogens is 1. The Morgan fingerprint density at radius 1 is 1.32 bits per heavy atom. The first-order valence-corrected chi connectivity index (χ1v) is 11.2. The number of carbonyl (C=O) groups excluding carboxylic acids is 1. The number of benzene rings is 1. The Kier molecular flexibility index (Phi) is 6.47. The summed E-state index contributed by atoms with van der Waals surface area (Å²) in [5, 5.41) is 10.1. The fraction of sp³-hybridized carbons (Fsp3) is 0.600. The second-order valence-corrected chi connectivity index (χ2v) is 10.3. The minimum Gasteiger partial charge on any atom is -0.481 e. The molecule has 0 radical (unpaired) electrons. The van der Waals surface area contributed by atoms with Crippen LogP contribution >= 0.6 is 11.6 Å². The summed E-state index contributed by atoms with van der Waals surface area (Å²) in [5.74, 6) is -1.11. The van der Waals surface area contributed by atoms with E-state index in [-0.39, 0.29) is 23.6 Å². The minimum atomic E-state index is -1.02. The van der Waals surface area contributed by atoms with Crippen molar-refractivity contribution in [2.75, 3.05) is 20.1 Å². The van der Waals surface area contributed by atoms with Gasteiger partial charge in [-0.05, 0) is 50.4 Å². The molecule has 1 N–H and O–H groups in total. The van der Waals surface area contributed by atoms with Gasteiger partial charge in [0, 0.05) is 23.4 Å². The molecule has 8 heteroatoms. The molecule has 6 nitrogen and oxygen atoms in total. The lowest BCUT2D eigenvalue weighted by Crippen LogP contribution is -2.51. The van der Waals surface area contributed by atoms with Gasteiger partial charge in [-0.1, -0.05) is 30.7 Å². The van der Waals surface area contributed by atoms with E-state index < -0.39 is 22.4 Å². The number of likely N-dealkylation sites (tertiary alicyclic amines) is 1. The van der Waals surface area contributed by atoms with Crippen LogP contribution in [0.25, 0.3) is 0 Å². The molecule has 0 bridgehead atoms. The summed E-state index contributed by atoms with van der Waals surface area (Å²) in [5.41, 5.74) is 0.0734. The number of hydrogen-bond donors (Lipinski definition) is 1. The first-order chi connectivity index (χ1) is 13.2. The summed E-state index contributed by atoms with van der Waals surface area (Å²) in [6.07, 6.45) is 3.01. The number of amides is 1. The molecule has 154 valence electrons. The molecule has 1 heterocycles. The average Bonchev–Trinajstić information content (AvgIpc) is 3.47. The van der Waals surface area contributed by atoms with Crippen LogP contribution in [0, 0.1) is 5.41 Å². The first kappa shape index (κ1) is 21.3. The van der Waals surface area contributed by atoms with E-state index in [1.165, 1.54) is 0 Å². The Labute approximate surface area is 173 Å². The molecule has 28 heavy (non-hydrogen) atoms. The highest BCUT2D eigenvalue weighted by Crippen LogP contribution is 2.42. The molecule has 1 aromatic carbocycles. The van der Waals surface area contributed by atoms with Gasteiger partial charge >= 0.3 is 5.97 Å². The normalized spacial score (nSPS) is 26.5. The van der Waals surface area contributed by atoms with Crippen molar-refractivity contribution in [3.8, 4) is 0 Å². The molecule has 1 saturated carbocycles. The van der Waals surface area contributed by atoms with Crippen molar-refractivity contribution in [2.24, 2.45) is 5.41 Å². The Morgan fingerprint density at radius 3 is 2.54 bits per heavy atom. The monoisotopic (exact) mass is 426 g/mol. The molecule has 1 aliphatic heterocycles. The Morgan fingerprint density at radius 2 is 1.96 bits per heavy atom. The van der Waals surface area contributed by atoms with Gasteiger partial charge in [-0.15, -0.1) is 0 Å². The van der Waals surface area contributed by atoms with Crippen molar-refractivity contribution in [3.05, 3.63) is 34.9 Å². The molecule has 2 aliphatic rings. The zero-order valence-corrected chi connectivity index (χ0v) is 17.8. The van der Waals surface area contributed by atoms with Gasteiger partial charge in [-0.25, -0.2) is 8.51 Å². The third-order valence-electron chi connectivity index (χ3n) is 5.69. The van der Waals surface area contributed by atoms with Gasteiger partial charge in [0.15, 0.2) is 0 Å². The number of rotatable bonds is 8. The van der Waals surface area contributed by atoms with Crippen LogP contribution in [0.1, 0.15) is 50.6 Å². The molecule has 2 fully saturated rings. The van der Waals surface area contributed by atoms with Crippen LogP contribution < -0.4 is 0 Å². The highest BCUT2D eigenvalue weighted by atomic mass is 35.5. The van der Waals surface area contributed by atoms with Gasteiger partial charge < -0.3 is 10.0 Å². The number of carboxylic acid groups (broad SMARTS) is 1. The Bertz CT molecular complexity index is 768. The van der Waals surface area contributed by atoms with Crippen LogP contribution in [-0.4, -0.2) is 55.8 Å². The summed E-state index contributed by atoms with van der Waals surface area (Å²) < 4.78 is 14.2. The lowest BCUT2D eigenvalue weighted by molar-refractivity contribution is -0.156. The largest absolute Gasteiger partial charge is 0.481 e. The third kappa shape index (κ3) is 4.75. The fourth-order valence-electron chi connectivity index (χ4n) is 3.86. The zero-order chi connectivity index (χ0) is 20.5. The van der Waals surface area contributed by atoms with Crippen LogP contribution in [0.3, 0.4) is 0 Å². The van der Waals surface area contributed by atoms with Crippen molar-refractivity contribution >= 4 is 34.5 Å². The Balaban J connectivity index is 1.80. The molecule has 1 aliphatic carbocycles. The van der Waals surface area contributed by atoms with Crippen LogP contribution in [0.15, 0.2) is 24.3 Å². The summed E-state index contributed by atoms with van der Waals surface area (Å²) in [6, 6.07) is 7.31. The van der Waals surface area contributed by atoms with Gasteiger partial charge in [0.05, 0.1) is 28.9 Å². The maximum atomic E-state index is 13.3. The van der Waals surface area contributed by atoms with Crippen molar-refractivity contribution in [2.45, 2.75) is 50.3 Å². The van der Waals surface area contributed by atoms with E-state index in [1.54, 1.807) is 28.3 Å².